The Kier molecular flexibility index (Phi) is 2.83. The summed E-state index contributed by atoms with van der Waals surface area (Å²) >= 11 is 0. The fourth-order valence-electron chi connectivity index (χ4n) is 1.64. The number of aryl methyl sites for hydroxylation is 1. The second-order valence-electron chi connectivity index (χ2n) is 3.60. The maximum atomic E-state index is 5.56. The Morgan fingerprint density at radius 1 is 1.40 bits per heavy atom. The minimum atomic E-state index is 0.663. The molecule has 2 aromatic rings. The van der Waals surface area contributed by atoms with Crippen LogP contribution >= 0.6 is 0 Å². The number of hydrogen-bond acceptors (Lipinski definition) is 2. The number of aromatic nitrogens is 2. The molecule has 0 aromatic carbocycles. The number of nitrogens with zero attached hydrogens (tertiary/aromatic N) is 2. The zero-order chi connectivity index (χ0) is 10.7. The molecule has 0 fully saturated rings. The third-order valence-corrected chi connectivity index (χ3v) is 2.38. The summed E-state index contributed by atoms with van der Waals surface area (Å²) in [7, 11) is 0. The van der Waals surface area contributed by atoms with E-state index < -0.39 is 0 Å². The summed E-state index contributed by atoms with van der Waals surface area (Å²) in [6.07, 6.45) is 4.73. The van der Waals surface area contributed by atoms with Crippen LogP contribution in [0.1, 0.15) is 11.3 Å². The largest absolute Gasteiger partial charge is 0.330 e. The summed E-state index contributed by atoms with van der Waals surface area (Å²) < 4.78 is 2.08. The molecule has 0 unspecified atom stereocenters. The zero-order valence-electron chi connectivity index (χ0n) is 8.85. The summed E-state index contributed by atoms with van der Waals surface area (Å²) in [5.41, 5.74) is 7.98. The van der Waals surface area contributed by atoms with Gasteiger partial charge in [0.15, 0.2) is 0 Å². The van der Waals surface area contributed by atoms with Crippen LogP contribution in [-0.2, 0) is 6.42 Å². The Morgan fingerprint density at radius 2 is 2.27 bits per heavy atom. The van der Waals surface area contributed by atoms with E-state index in [0.717, 1.165) is 12.2 Å². The molecule has 3 nitrogen and oxygen atoms in total. The second kappa shape index (κ2) is 4.28. The van der Waals surface area contributed by atoms with Gasteiger partial charge in [0.1, 0.15) is 5.82 Å². The maximum Gasteiger partial charge on any atom is 0.137 e. The first-order chi connectivity index (χ1) is 7.31. The molecule has 0 bridgehead atoms. The van der Waals surface area contributed by atoms with Crippen LogP contribution in [0, 0.1) is 6.92 Å². The van der Waals surface area contributed by atoms with Gasteiger partial charge in [0, 0.05) is 24.5 Å². The number of pyridine rings is 1. The molecule has 0 saturated carbocycles. The fourth-order valence-corrected chi connectivity index (χ4v) is 1.64. The first-order valence-electron chi connectivity index (χ1n) is 5.10. The van der Waals surface area contributed by atoms with Crippen molar-refractivity contribution >= 4 is 0 Å². The molecule has 0 amide bonds. The van der Waals surface area contributed by atoms with Crippen molar-refractivity contribution in [2.75, 3.05) is 6.54 Å². The highest BCUT2D eigenvalue weighted by atomic mass is 15.1. The van der Waals surface area contributed by atoms with E-state index in [0.29, 0.717) is 6.54 Å². The standard InChI is InChI=1S/C12H15N3/c1-10-5-7-14-12(9-10)15-8-2-3-11(15)4-6-13/h2-3,5,7-9H,4,6,13H2,1H3. The van der Waals surface area contributed by atoms with Crippen molar-refractivity contribution < 1.29 is 0 Å². The molecular weight excluding hydrogens is 186 g/mol. The van der Waals surface area contributed by atoms with Gasteiger partial charge in [0.05, 0.1) is 0 Å². The Hall–Kier alpha value is -1.61. The third kappa shape index (κ3) is 2.07. The van der Waals surface area contributed by atoms with Crippen molar-refractivity contribution in [3.8, 4) is 5.82 Å². The highest BCUT2D eigenvalue weighted by Gasteiger charge is 2.03. The van der Waals surface area contributed by atoms with E-state index in [1.54, 1.807) is 0 Å². The lowest BCUT2D eigenvalue weighted by atomic mass is 10.3. The van der Waals surface area contributed by atoms with Crippen molar-refractivity contribution in [1.82, 2.24) is 9.55 Å². The van der Waals surface area contributed by atoms with E-state index in [9.17, 15) is 0 Å². The Labute approximate surface area is 89.6 Å². The number of hydrogen-bond donors (Lipinski definition) is 1. The van der Waals surface area contributed by atoms with Gasteiger partial charge in [-0.05, 0) is 43.3 Å². The minimum Gasteiger partial charge on any atom is -0.330 e. The van der Waals surface area contributed by atoms with Gasteiger partial charge in [-0.2, -0.15) is 0 Å². The van der Waals surface area contributed by atoms with Gasteiger partial charge in [0.25, 0.3) is 0 Å². The van der Waals surface area contributed by atoms with E-state index in [1.807, 2.05) is 24.5 Å². The summed E-state index contributed by atoms with van der Waals surface area (Å²) in [6.45, 7) is 2.73. The molecule has 78 valence electrons. The lowest BCUT2D eigenvalue weighted by molar-refractivity contribution is 0.856. The quantitative estimate of drug-likeness (QED) is 0.821. The fraction of sp³-hybridized carbons (Fsp3) is 0.250. The molecule has 0 atom stereocenters. The molecule has 0 aliphatic carbocycles. The number of rotatable bonds is 3. The van der Waals surface area contributed by atoms with Crippen LogP contribution in [0.15, 0.2) is 36.7 Å². The van der Waals surface area contributed by atoms with E-state index in [1.165, 1.54) is 11.3 Å². The van der Waals surface area contributed by atoms with Crippen LogP contribution in [0.4, 0.5) is 0 Å². The summed E-state index contributed by atoms with van der Waals surface area (Å²) in [5.74, 6) is 0.962. The first-order valence-corrected chi connectivity index (χ1v) is 5.10. The maximum absolute atomic E-state index is 5.56. The van der Waals surface area contributed by atoms with Crippen LogP contribution in [0.25, 0.3) is 5.82 Å². The van der Waals surface area contributed by atoms with Crippen molar-refractivity contribution in [2.45, 2.75) is 13.3 Å². The molecule has 2 N–H and O–H groups in total. The van der Waals surface area contributed by atoms with E-state index in [4.69, 9.17) is 5.73 Å². The molecule has 0 radical (unpaired) electrons. The van der Waals surface area contributed by atoms with Crippen LogP contribution < -0.4 is 5.73 Å². The van der Waals surface area contributed by atoms with E-state index in [-0.39, 0.29) is 0 Å². The Bertz CT molecular complexity index is 446. The van der Waals surface area contributed by atoms with Gasteiger partial charge >= 0.3 is 0 Å². The van der Waals surface area contributed by atoms with Crippen LogP contribution in [-0.4, -0.2) is 16.1 Å². The van der Waals surface area contributed by atoms with Gasteiger partial charge in [-0.15, -0.1) is 0 Å². The molecule has 15 heavy (non-hydrogen) atoms. The average Bonchev–Trinajstić information content (AvgIpc) is 2.66. The van der Waals surface area contributed by atoms with Crippen molar-refractivity contribution in [2.24, 2.45) is 5.73 Å². The molecule has 3 heteroatoms. The molecule has 2 aromatic heterocycles. The van der Waals surface area contributed by atoms with Crippen molar-refractivity contribution in [1.29, 1.82) is 0 Å². The normalized spacial score (nSPS) is 10.5. The van der Waals surface area contributed by atoms with Gasteiger partial charge < -0.3 is 10.3 Å². The molecule has 2 rings (SSSR count). The molecule has 0 aliphatic rings. The van der Waals surface area contributed by atoms with E-state index in [2.05, 4.69) is 28.6 Å². The second-order valence-corrected chi connectivity index (χ2v) is 3.60. The van der Waals surface area contributed by atoms with Crippen LogP contribution in [0.2, 0.25) is 0 Å². The first kappa shape index (κ1) is 9.93. The topological polar surface area (TPSA) is 43.8 Å². The minimum absolute atomic E-state index is 0.663. The van der Waals surface area contributed by atoms with Crippen molar-refractivity contribution in [3.05, 3.63) is 47.9 Å². The zero-order valence-corrected chi connectivity index (χ0v) is 8.85. The highest BCUT2D eigenvalue weighted by Crippen LogP contribution is 2.11. The monoisotopic (exact) mass is 201 g/mol. The predicted octanol–water partition coefficient (Wildman–Crippen LogP) is 1.68. The highest BCUT2D eigenvalue weighted by molar-refractivity contribution is 5.30. The SMILES string of the molecule is Cc1ccnc(-n2cccc2CCN)c1. The molecule has 0 aliphatic heterocycles. The van der Waals surface area contributed by atoms with Gasteiger partial charge in [0.2, 0.25) is 0 Å². The molecule has 0 saturated heterocycles. The van der Waals surface area contributed by atoms with E-state index >= 15 is 0 Å². The van der Waals surface area contributed by atoms with Crippen molar-refractivity contribution in [3.63, 3.8) is 0 Å². The van der Waals surface area contributed by atoms with Gasteiger partial charge in [-0.3, -0.25) is 0 Å². The lowest BCUT2D eigenvalue weighted by Gasteiger charge is -2.07. The summed E-state index contributed by atoms with van der Waals surface area (Å²) in [6, 6.07) is 8.17. The van der Waals surface area contributed by atoms with Gasteiger partial charge in [-0.1, -0.05) is 0 Å². The molecule has 0 spiro atoms. The lowest BCUT2D eigenvalue weighted by Crippen LogP contribution is -2.08. The Balaban J connectivity index is 2.40. The third-order valence-electron chi connectivity index (χ3n) is 2.38. The molecule has 2 heterocycles. The van der Waals surface area contributed by atoms with Crippen LogP contribution in [0.3, 0.4) is 0 Å². The molecular formula is C12H15N3. The Morgan fingerprint density at radius 3 is 3.00 bits per heavy atom. The summed E-state index contributed by atoms with van der Waals surface area (Å²) in [5, 5.41) is 0. The average molecular weight is 201 g/mol. The smallest absolute Gasteiger partial charge is 0.137 e. The predicted molar refractivity (Wildman–Crippen MR) is 61.1 cm³/mol. The number of nitrogens with two attached hydrogens (primary N) is 1. The van der Waals surface area contributed by atoms with Gasteiger partial charge in [-0.25, -0.2) is 4.98 Å². The summed E-state index contributed by atoms with van der Waals surface area (Å²) in [4.78, 5) is 4.35. The van der Waals surface area contributed by atoms with Crippen LogP contribution in [0.5, 0.6) is 0 Å².